The third-order valence-corrected chi connectivity index (χ3v) is 3.36. The molecule has 0 aliphatic heterocycles. The average Bonchev–Trinajstić information content (AvgIpc) is 3.00. The quantitative estimate of drug-likeness (QED) is 0.795. The van der Waals surface area contributed by atoms with Crippen LogP contribution in [0.5, 0.6) is 0 Å². The second-order valence-electron chi connectivity index (χ2n) is 5.14. The summed E-state index contributed by atoms with van der Waals surface area (Å²) in [6.07, 6.45) is 3.70. The maximum Gasteiger partial charge on any atom is 0.223 e. The van der Waals surface area contributed by atoms with Crippen molar-refractivity contribution in [3.63, 3.8) is 0 Å². The lowest BCUT2D eigenvalue weighted by Gasteiger charge is -2.22. The monoisotopic (exact) mass is 286 g/mol. The van der Waals surface area contributed by atoms with Crippen molar-refractivity contribution in [2.45, 2.75) is 32.7 Å². The first kappa shape index (κ1) is 15.2. The van der Waals surface area contributed by atoms with Gasteiger partial charge in [-0.1, -0.05) is 19.1 Å². The number of carbonyl (C=O) groups is 1. The van der Waals surface area contributed by atoms with Gasteiger partial charge in [0.05, 0.1) is 6.26 Å². The molecule has 112 valence electrons. The van der Waals surface area contributed by atoms with Crippen molar-refractivity contribution in [1.29, 1.82) is 0 Å². The topological polar surface area (TPSA) is 59.5 Å². The molecule has 0 saturated carbocycles. The summed E-state index contributed by atoms with van der Waals surface area (Å²) in [5.41, 5.74) is 7.53. The normalized spacial score (nSPS) is 10.5. The van der Waals surface area contributed by atoms with E-state index in [4.69, 9.17) is 10.2 Å². The minimum atomic E-state index is 0.157. The second kappa shape index (κ2) is 7.53. The Morgan fingerprint density at radius 1 is 1.24 bits per heavy atom. The van der Waals surface area contributed by atoms with E-state index >= 15 is 0 Å². The number of nitrogen functional groups attached to an aromatic ring is 1. The van der Waals surface area contributed by atoms with E-state index in [2.05, 4.69) is 6.92 Å². The molecule has 1 aromatic heterocycles. The van der Waals surface area contributed by atoms with Gasteiger partial charge in [0.1, 0.15) is 5.76 Å². The summed E-state index contributed by atoms with van der Waals surface area (Å²) in [7, 11) is 0. The SMILES string of the molecule is CCCN(Cc1ccc(N)cc1)C(=O)CCc1ccco1. The van der Waals surface area contributed by atoms with Gasteiger partial charge in [-0.2, -0.15) is 0 Å². The highest BCUT2D eigenvalue weighted by atomic mass is 16.3. The van der Waals surface area contributed by atoms with Crippen LogP contribution in [0.4, 0.5) is 5.69 Å². The van der Waals surface area contributed by atoms with Crippen molar-refractivity contribution in [2.75, 3.05) is 12.3 Å². The summed E-state index contributed by atoms with van der Waals surface area (Å²) in [5.74, 6) is 1.01. The number of amides is 1. The second-order valence-corrected chi connectivity index (χ2v) is 5.14. The van der Waals surface area contributed by atoms with E-state index in [1.807, 2.05) is 41.3 Å². The highest BCUT2D eigenvalue weighted by molar-refractivity contribution is 5.76. The van der Waals surface area contributed by atoms with E-state index in [9.17, 15) is 4.79 Å². The molecule has 2 aromatic rings. The fraction of sp³-hybridized carbons (Fsp3) is 0.353. The fourth-order valence-corrected chi connectivity index (χ4v) is 2.25. The van der Waals surface area contributed by atoms with Crippen LogP contribution in [0.1, 0.15) is 31.1 Å². The lowest BCUT2D eigenvalue weighted by molar-refractivity contribution is -0.131. The van der Waals surface area contributed by atoms with Crippen molar-refractivity contribution >= 4 is 11.6 Å². The third-order valence-electron chi connectivity index (χ3n) is 3.36. The number of furan rings is 1. The summed E-state index contributed by atoms with van der Waals surface area (Å²) in [4.78, 5) is 14.3. The van der Waals surface area contributed by atoms with Crippen LogP contribution in [0.2, 0.25) is 0 Å². The molecule has 0 atom stereocenters. The largest absolute Gasteiger partial charge is 0.469 e. The number of nitrogens with two attached hydrogens (primary N) is 1. The number of benzene rings is 1. The van der Waals surface area contributed by atoms with E-state index in [0.717, 1.165) is 30.0 Å². The molecule has 1 heterocycles. The van der Waals surface area contributed by atoms with Gasteiger partial charge in [-0.3, -0.25) is 4.79 Å². The van der Waals surface area contributed by atoms with Crippen molar-refractivity contribution in [3.8, 4) is 0 Å². The number of hydrogen-bond donors (Lipinski definition) is 1. The predicted molar refractivity (Wildman–Crippen MR) is 83.6 cm³/mol. The Balaban J connectivity index is 1.93. The maximum absolute atomic E-state index is 12.4. The Kier molecular flexibility index (Phi) is 5.43. The molecular formula is C17H22N2O2. The van der Waals surface area contributed by atoms with Crippen molar-refractivity contribution in [2.24, 2.45) is 0 Å². The van der Waals surface area contributed by atoms with Gasteiger partial charge in [-0.15, -0.1) is 0 Å². The van der Waals surface area contributed by atoms with Crippen molar-refractivity contribution in [1.82, 2.24) is 4.90 Å². The molecule has 0 spiro atoms. The van der Waals surface area contributed by atoms with Crippen LogP contribution >= 0.6 is 0 Å². The molecule has 0 saturated heterocycles. The maximum atomic E-state index is 12.4. The van der Waals surface area contributed by atoms with Gasteiger partial charge in [-0.05, 0) is 36.2 Å². The first-order chi connectivity index (χ1) is 10.2. The molecule has 4 nitrogen and oxygen atoms in total. The van der Waals surface area contributed by atoms with E-state index in [-0.39, 0.29) is 5.91 Å². The molecule has 2 N–H and O–H groups in total. The highest BCUT2D eigenvalue weighted by Crippen LogP contribution is 2.12. The zero-order valence-electron chi connectivity index (χ0n) is 12.4. The van der Waals surface area contributed by atoms with E-state index < -0.39 is 0 Å². The van der Waals surface area contributed by atoms with Crippen LogP contribution in [-0.4, -0.2) is 17.4 Å². The van der Waals surface area contributed by atoms with Gasteiger partial charge in [0.2, 0.25) is 5.91 Å². The molecule has 1 aromatic carbocycles. The smallest absolute Gasteiger partial charge is 0.223 e. The predicted octanol–water partition coefficient (Wildman–Crippen LogP) is 3.23. The van der Waals surface area contributed by atoms with Gasteiger partial charge in [0.15, 0.2) is 0 Å². The van der Waals surface area contributed by atoms with E-state index in [0.29, 0.717) is 19.4 Å². The zero-order valence-corrected chi connectivity index (χ0v) is 12.4. The van der Waals surface area contributed by atoms with Crippen LogP contribution in [0.25, 0.3) is 0 Å². The molecule has 0 aliphatic rings. The molecule has 2 rings (SSSR count). The Morgan fingerprint density at radius 3 is 2.62 bits per heavy atom. The molecule has 1 amide bonds. The first-order valence-corrected chi connectivity index (χ1v) is 7.33. The molecule has 0 radical (unpaired) electrons. The van der Waals surface area contributed by atoms with Crippen LogP contribution in [-0.2, 0) is 17.8 Å². The van der Waals surface area contributed by atoms with Crippen LogP contribution in [0.15, 0.2) is 47.1 Å². The van der Waals surface area contributed by atoms with E-state index in [1.165, 1.54) is 0 Å². The fourth-order valence-electron chi connectivity index (χ4n) is 2.25. The summed E-state index contributed by atoms with van der Waals surface area (Å²) < 4.78 is 5.27. The van der Waals surface area contributed by atoms with Crippen LogP contribution in [0, 0.1) is 0 Å². The number of anilines is 1. The summed E-state index contributed by atoms with van der Waals surface area (Å²) in [6, 6.07) is 11.4. The van der Waals surface area contributed by atoms with Gasteiger partial charge in [0, 0.05) is 31.6 Å². The zero-order chi connectivity index (χ0) is 15.1. The van der Waals surface area contributed by atoms with E-state index in [1.54, 1.807) is 6.26 Å². The van der Waals surface area contributed by atoms with Gasteiger partial charge >= 0.3 is 0 Å². The van der Waals surface area contributed by atoms with Crippen LogP contribution < -0.4 is 5.73 Å². The Morgan fingerprint density at radius 2 is 2.00 bits per heavy atom. The number of aryl methyl sites for hydroxylation is 1. The molecule has 0 aliphatic carbocycles. The molecule has 0 fully saturated rings. The van der Waals surface area contributed by atoms with Gasteiger partial charge in [-0.25, -0.2) is 0 Å². The lowest BCUT2D eigenvalue weighted by Crippen LogP contribution is -2.31. The number of nitrogens with zero attached hydrogens (tertiary/aromatic N) is 1. The standard InChI is InChI=1S/C17H22N2O2/c1-2-11-19(13-14-5-7-15(18)8-6-14)17(20)10-9-16-4-3-12-21-16/h3-8,12H,2,9-11,13,18H2,1H3. The number of rotatable bonds is 7. The first-order valence-electron chi connectivity index (χ1n) is 7.33. The minimum Gasteiger partial charge on any atom is -0.469 e. The summed E-state index contributed by atoms with van der Waals surface area (Å²) >= 11 is 0. The number of carbonyl (C=O) groups excluding carboxylic acids is 1. The highest BCUT2D eigenvalue weighted by Gasteiger charge is 2.13. The molecule has 21 heavy (non-hydrogen) atoms. The lowest BCUT2D eigenvalue weighted by atomic mass is 10.1. The number of hydrogen-bond acceptors (Lipinski definition) is 3. The van der Waals surface area contributed by atoms with Gasteiger partial charge < -0.3 is 15.1 Å². The summed E-state index contributed by atoms with van der Waals surface area (Å²) in [5, 5.41) is 0. The molecule has 4 heteroatoms. The van der Waals surface area contributed by atoms with Crippen LogP contribution in [0.3, 0.4) is 0 Å². The van der Waals surface area contributed by atoms with Crippen molar-refractivity contribution < 1.29 is 9.21 Å². The summed E-state index contributed by atoms with van der Waals surface area (Å²) in [6.45, 7) is 3.47. The Hall–Kier alpha value is -2.23. The molecule has 0 unspecified atom stereocenters. The average molecular weight is 286 g/mol. The van der Waals surface area contributed by atoms with Gasteiger partial charge in [0.25, 0.3) is 0 Å². The molecule has 0 bridgehead atoms. The third kappa shape index (κ3) is 4.67. The Bertz CT molecular complexity index is 547. The molecular weight excluding hydrogens is 264 g/mol. The van der Waals surface area contributed by atoms with Crippen molar-refractivity contribution in [3.05, 3.63) is 54.0 Å². The minimum absolute atomic E-state index is 0.157. The Labute approximate surface area is 125 Å².